The van der Waals surface area contributed by atoms with E-state index in [1.807, 2.05) is 24.0 Å². The van der Waals surface area contributed by atoms with Crippen molar-refractivity contribution in [1.29, 1.82) is 0 Å². The first-order chi connectivity index (χ1) is 7.25. The lowest BCUT2D eigenvalue weighted by Gasteiger charge is -2.22. The van der Waals surface area contributed by atoms with E-state index in [2.05, 4.69) is 11.9 Å². The summed E-state index contributed by atoms with van der Waals surface area (Å²) in [4.78, 5) is 5.31. The Balaban J connectivity index is 2.05. The van der Waals surface area contributed by atoms with Crippen LogP contribution < -0.4 is 0 Å². The molecule has 1 saturated heterocycles. The highest BCUT2D eigenvalue weighted by molar-refractivity contribution is 8.00. The van der Waals surface area contributed by atoms with Crippen LogP contribution in [0.15, 0.2) is 17.2 Å². The summed E-state index contributed by atoms with van der Waals surface area (Å²) in [5, 5.41) is 1.24. The molecule has 1 aliphatic heterocycles. The van der Waals surface area contributed by atoms with Crippen molar-refractivity contribution >= 4 is 23.4 Å². The number of rotatable bonds is 2. The Morgan fingerprint density at radius 1 is 1.47 bits per heavy atom. The summed E-state index contributed by atoms with van der Waals surface area (Å²) in [5.41, 5.74) is 1.20. The van der Waals surface area contributed by atoms with Gasteiger partial charge >= 0.3 is 0 Å². The highest BCUT2D eigenvalue weighted by Gasteiger charge is 2.16. The van der Waals surface area contributed by atoms with Crippen LogP contribution in [0.1, 0.15) is 18.4 Å². The van der Waals surface area contributed by atoms with Gasteiger partial charge in [-0.1, -0.05) is 11.6 Å². The number of hydrogen-bond donors (Lipinski definition) is 0. The number of nitrogens with zero attached hydrogens (tertiary/aromatic N) is 1. The summed E-state index contributed by atoms with van der Waals surface area (Å²) in [6, 6.07) is 1.96. The second-order valence-corrected chi connectivity index (χ2v) is 5.43. The van der Waals surface area contributed by atoms with E-state index >= 15 is 0 Å². The lowest BCUT2D eigenvalue weighted by molar-refractivity contribution is 0.100. The van der Waals surface area contributed by atoms with Gasteiger partial charge in [-0.2, -0.15) is 0 Å². The molecule has 2 rings (SSSR count). The molecular weight excluding hydrogens is 230 g/mol. The van der Waals surface area contributed by atoms with Gasteiger partial charge in [0, 0.05) is 29.6 Å². The molecule has 1 aromatic rings. The monoisotopic (exact) mass is 243 g/mol. The smallest absolute Gasteiger partial charge is 0.130 e. The molecule has 1 aliphatic rings. The van der Waals surface area contributed by atoms with Crippen LogP contribution in [0.3, 0.4) is 0 Å². The highest BCUT2D eigenvalue weighted by atomic mass is 35.5. The Bertz CT molecular complexity index is 339. The number of ether oxygens (including phenoxy) is 1. The van der Waals surface area contributed by atoms with Crippen molar-refractivity contribution in [1.82, 2.24) is 4.98 Å². The molecule has 1 fully saturated rings. The SMILES string of the molecule is Cc1cnc(Cl)cc1SC1CCOCC1. The van der Waals surface area contributed by atoms with Gasteiger partial charge in [0.1, 0.15) is 5.15 Å². The molecule has 0 atom stereocenters. The van der Waals surface area contributed by atoms with Gasteiger partial charge in [-0.05, 0) is 31.4 Å². The molecule has 0 N–H and O–H groups in total. The van der Waals surface area contributed by atoms with E-state index in [0.29, 0.717) is 10.4 Å². The fraction of sp³-hybridized carbons (Fsp3) is 0.545. The number of pyridine rings is 1. The lowest BCUT2D eigenvalue weighted by Crippen LogP contribution is -2.17. The summed E-state index contributed by atoms with van der Waals surface area (Å²) in [6.07, 6.45) is 4.10. The van der Waals surface area contributed by atoms with Crippen LogP contribution >= 0.6 is 23.4 Å². The third kappa shape index (κ3) is 3.10. The molecule has 0 amide bonds. The minimum absolute atomic E-state index is 0.579. The Morgan fingerprint density at radius 2 is 2.20 bits per heavy atom. The number of hydrogen-bond acceptors (Lipinski definition) is 3. The standard InChI is InChI=1S/C11H14ClNOS/c1-8-7-13-11(12)6-10(8)15-9-2-4-14-5-3-9/h6-7,9H,2-5H2,1H3. The Labute approximate surface area is 99.4 Å². The van der Waals surface area contributed by atoms with E-state index in [1.165, 1.54) is 10.5 Å². The van der Waals surface area contributed by atoms with Gasteiger partial charge in [0.05, 0.1) is 0 Å². The number of thioether (sulfide) groups is 1. The number of halogens is 1. The molecule has 82 valence electrons. The van der Waals surface area contributed by atoms with E-state index in [0.717, 1.165) is 26.1 Å². The summed E-state index contributed by atoms with van der Waals surface area (Å²) >= 11 is 7.79. The van der Waals surface area contributed by atoms with E-state index in [1.54, 1.807) is 0 Å². The predicted octanol–water partition coefficient (Wildman–Crippen LogP) is 3.31. The van der Waals surface area contributed by atoms with Crippen molar-refractivity contribution in [3.05, 3.63) is 23.0 Å². The normalized spacial score (nSPS) is 18.0. The Kier molecular flexibility index (Phi) is 3.89. The van der Waals surface area contributed by atoms with Crippen molar-refractivity contribution < 1.29 is 4.74 Å². The number of aryl methyl sites for hydroxylation is 1. The topological polar surface area (TPSA) is 22.1 Å². The van der Waals surface area contributed by atoms with Gasteiger partial charge in [0.15, 0.2) is 0 Å². The lowest BCUT2D eigenvalue weighted by atomic mass is 10.2. The molecule has 2 nitrogen and oxygen atoms in total. The van der Waals surface area contributed by atoms with E-state index in [-0.39, 0.29) is 0 Å². The molecule has 2 heterocycles. The molecule has 0 radical (unpaired) electrons. The van der Waals surface area contributed by atoms with Gasteiger partial charge in [0.25, 0.3) is 0 Å². The molecule has 0 unspecified atom stereocenters. The van der Waals surface area contributed by atoms with Crippen LogP contribution in [-0.2, 0) is 4.74 Å². The molecule has 0 bridgehead atoms. The fourth-order valence-corrected chi connectivity index (χ4v) is 3.01. The summed E-state index contributed by atoms with van der Waals surface area (Å²) in [6.45, 7) is 3.84. The molecule has 1 aromatic heterocycles. The second kappa shape index (κ2) is 5.19. The predicted molar refractivity (Wildman–Crippen MR) is 63.7 cm³/mol. The van der Waals surface area contributed by atoms with Crippen LogP contribution in [0.25, 0.3) is 0 Å². The molecule has 15 heavy (non-hydrogen) atoms. The van der Waals surface area contributed by atoms with Gasteiger partial charge in [0.2, 0.25) is 0 Å². The Hall–Kier alpha value is -0.250. The largest absolute Gasteiger partial charge is 0.381 e. The first-order valence-corrected chi connectivity index (χ1v) is 6.38. The zero-order valence-electron chi connectivity index (χ0n) is 8.70. The second-order valence-electron chi connectivity index (χ2n) is 3.70. The average Bonchev–Trinajstić information content (AvgIpc) is 2.25. The van der Waals surface area contributed by atoms with E-state index in [4.69, 9.17) is 16.3 Å². The van der Waals surface area contributed by atoms with Crippen molar-refractivity contribution in [3.63, 3.8) is 0 Å². The van der Waals surface area contributed by atoms with Crippen LogP contribution in [0, 0.1) is 6.92 Å². The zero-order valence-corrected chi connectivity index (χ0v) is 10.3. The molecule has 0 aromatic carbocycles. The van der Waals surface area contributed by atoms with Gasteiger partial charge in [-0.25, -0.2) is 4.98 Å². The maximum atomic E-state index is 5.89. The van der Waals surface area contributed by atoms with Crippen LogP contribution in [0.4, 0.5) is 0 Å². The maximum Gasteiger partial charge on any atom is 0.130 e. The van der Waals surface area contributed by atoms with Crippen LogP contribution in [0.5, 0.6) is 0 Å². The molecular formula is C11H14ClNOS. The van der Waals surface area contributed by atoms with Crippen molar-refractivity contribution in [2.24, 2.45) is 0 Å². The first kappa shape index (κ1) is 11.2. The third-order valence-electron chi connectivity index (χ3n) is 2.48. The van der Waals surface area contributed by atoms with Crippen molar-refractivity contribution in [2.75, 3.05) is 13.2 Å². The minimum Gasteiger partial charge on any atom is -0.381 e. The minimum atomic E-state index is 0.579. The molecule has 0 spiro atoms. The average molecular weight is 244 g/mol. The number of aromatic nitrogens is 1. The van der Waals surface area contributed by atoms with E-state index < -0.39 is 0 Å². The third-order valence-corrected chi connectivity index (χ3v) is 4.19. The maximum absolute atomic E-state index is 5.89. The molecule has 4 heteroatoms. The molecule has 0 aliphatic carbocycles. The van der Waals surface area contributed by atoms with Crippen molar-refractivity contribution in [2.45, 2.75) is 29.9 Å². The summed E-state index contributed by atoms with van der Waals surface area (Å²) in [5.74, 6) is 0. The summed E-state index contributed by atoms with van der Waals surface area (Å²) in [7, 11) is 0. The van der Waals surface area contributed by atoms with Crippen molar-refractivity contribution in [3.8, 4) is 0 Å². The fourth-order valence-electron chi connectivity index (χ4n) is 1.58. The quantitative estimate of drug-likeness (QED) is 0.744. The zero-order chi connectivity index (χ0) is 10.7. The van der Waals surface area contributed by atoms with Crippen LogP contribution in [-0.4, -0.2) is 23.4 Å². The van der Waals surface area contributed by atoms with Gasteiger partial charge in [-0.15, -0.1) is 11.8 Å². The van der Waals surface area contributed by atoms with E-state index in [9.17, 15) is 0 Å². The highest BCUT2D eigenvalue weighted by Crippen LogP contribution is 2.32. The Morgan fingerprint density at radius 3 is 2.93 bits per heavy atom. The van der Waals surface area contributed by atoms with Gasteiger partial charge in [-0.3, -0.25) is 0 Å². The first-order valence-electron chi connectivity index (χ1n) is 5.12. The van der Waals surface area contributed by atoms with Gasteiger partial charge < -0.3 is 4.74 Å². The molecule has 0 saturated carbocycles. The summed E-state index contributed by atoms with van der Waals surface area (Å²) < 4.78 is 5.34. The van der Waals surface area contributed by atoms with Crippen LogP contribution in [0.2, 0.25) is 5.15 Å².